The predicted octanol–water partition coefficient (Wildman–Crippen LogP) is 2.58. The molecule has 2 N–H and O–H groups in total. The first-order valence-corrected chi connectivity index (χ1v) is 6.32. The number of ether oxygens (including phenoxy) is 1. The monoisotopic (exact) mass is 271 g/mol. The number of nitrogens with one attached hydrogen (secondary N) is 1. The number of methoxy groups -OCH3 is 1. The lowest BCUT2D eigenvalue weighted by Crippen LogP contribution is -2.12. The summed E-state index contributed by atoms with van der Waals surface area (Å²) in [6, 6.07) is 14.4. The van der Waals surface area contributed by atoms with E-state index in [4.69, 9.17) is 9.84 Å². The predicted molar refractivity (Wildman–Crippen MR) is 77.5 cm³/mol. The van der Waals surface area contributed by atoms with Crippen LogP contribution in [0.3, 0.4) is 0 Å². The van der Waals surface area contributed by atoms with Gasteiger partial charge in [-0.15, -0.1) is 0 Å². The molecule has 4 heteroatoms. The highest BCUT2D eigenvalue weighted by atomic mass is 16.5. The van der Waals surface area contributed by atoms with E-state index in [-0.39, 0.29) is 12.5 Å². The van der Waals surface area contributed by atoms with Gasteiger partial charge in [-0.3, -0.25) is 4.79 Å². The molecule has 2 aromatic rings. The minimum Gasteiger partial charge on any atom is -0.392 e. The van der Waals surface area contributed by atoms with Crippen LogP contribution in [0.15, 0.2) is 48.5 Å². The van der Waals surface area contributed by atoms with E-state index in [0.29, 0.717) is 17.9 Å². The Balaban J connectivity index is 2.07. The molecule has 0 atom stereocenters. The summed E-state index contributed by atoms with van der Waals surface area (Å²) in [5, 5.41) is 11.9. The smallest absolute Gasteiger partial charge is 0.255 e. The molecule has 1 amide bonds. The van der Waals surface area contributed by atoms with Gasteiger partial charge in [0.25, 0.3) is 5.91 Å². The third kappa shape index (κ3) is 3.66. The van der Waals surface area contributed by atoms with E-state index >= 15 is 0 Å². The summed E-state index contributed by atoms with van der Waals surface area (Å²) < 4.78 is 5.03. The fourth-order valence-electron chi connectivity index (χ4n) is 1.87. The lowest BCUT2D eigenvalue weighted by Gasteiger charge is -2.07. The average molecular weight is 271 g/mol. The van der Waals surface area contributed by atoms with Gasteiger partial charge in [0.1, 0.15) is 0 Å². The van der Waals surface area contributed by atoms with Crippen LogP contribution in [0.25, 0.3) is 0 Å². The second kappa shape index (κ2) is 6.84. The number of benzene rings is 2. The molecular formula is C16H17NO3. The molecule has 2 aromatic carbocycles. The van der Waals surface area contributed by atoms with Crippen molar-refractivity contribution in [2.24, 2.45) is 0 Å². The minimum absolute atomic E-state index is 0.0462. The van der Waals surface area contributed by atoms with Gasteiger partial charge in [0.15, 0.2) is 0 Å². The molecule has 0 bridgehead atoms. The number of hydrogen-bond acceptors (Lipinski definition) is 3. The highest BCUT2D eigenvalue weighted by Gasteiger charge is 2.06. The first-order chi connectivity index (χ1) is 9.72. The minimum atomic E-state index is -0.177. The second-order valence-corrected chi connectivity index (χ2v) is 4.44. The summed E-state index contributed by atoms with van der Waals surface area (Å²) in [5.74, 6) is -0.177. The van der Waals surface area contributed by atoms with Crippen LogP contribution in [0.4, 0.5) is 5.69 Å². The zero-order chi connectivity index (χ0) is 14.4. The van der Waals surface area contributed by atoms with E-state index in [1.165, 1.54) is 0 Å². The Kier molecular flexibility index (Phi) is 4.87. The average Bonchev–Trinajstić information content (AvgIpc) is 2.48. The molecule has 2 rings (SSSR count). The van der Waals surface area contributed by atoms with E-state index in [2.05, 4.69) is 5.32 Å². The van der Waals surface area contributed by atoms with Crippen LogP contribution in [-0.4, -0.2) is 18.1 Å². The van der Waals surface area contributed by atoms with Crippen LogP contribution in [0, 0.1) is 0 Å². The molecule has 4 nitrogen and oxygen atoms in total. The maximum atomic E-state index is 12.1. The van der Waals surface area contributed by atoms with Crippen LogP contribution in [0.1, 0.15) is 21.5 Å². The van der Waals surface area contributed by atoms with Crippen molar-refractivity contribution in [2.75, 3.05) is 12.4 Å². The van der Waals surface area contributed by atoms with Gasteiger partial charge < -0.3 is 15.2 Å². The topological polar surface area (TPSA) is 58.6 Å². The van der Waals surface area contributed by atoms with Crippen molar-refractivity contribution in [3.8, 4) is 0 Å². The van der Waals surface area contributed by atoms with Crippen molar-refractivity contribution in [1.82, 2.24) is 0 Å². The molecule has 0 fully saturated rings. The van der Waals surface area contributed by atoms with E-state index in [9.17, 15) is 4.79 Å². The molecule has 0 saturated heterocycles. The number of amides is 1. The molecule has 0 aliphatic rings. The van der Waals surface area contributed by atoms with Gasteiger partial charge in [0, 0.05) is 18.4 Å². The number of hydrogen-bond donors (Lipinski definition) is 2. The number of carbonyl (C=O) groups excluding carboxylic acids is 1. The normalized spacial score (nSPS) is 10.3. The highest BCUT2D eigenvalue weighted by molar-refractivity contribution is 6.04. The first kappa shape index (κ1) is 14.2. The van der Waals surface area contributed by atoms with Gasteiger partial charge in [-0.2, -0.15) is 0 Å². The Bertz CT molecular complexity index is 579. The number of rotatable bonds is 5. The molecule has 0 aliphatic carbocycles. The van der Waals surface area contributed by atoms with E-state index in [1.54, 1.807) is 43.5 Å². The Labute approximate surface area is 118 Å². The molecular weight excluding hydrogens is 254 g/mol. The molecule has 0 saturated carbocycles. The Morgan fingerprint density at radius 1 is 1.15 bits per heavy atom. The first-order valence-electron chi connectivity index (χ1n) is 6.32. The van der Waals surface area contributed by atoms with Gasteiger partial charge in [0.2, 0.25) is 0 Å². The summed E-state index contributed by atoms with van der Waals surface area (Å²) in [4.78, 5) is 12.1. The lowest BCUT2D eigenvalue weighted by atomic mass is 10.1. The van der Waals surface area contributed by atoms with Crippen molar-refractivity contribution < 1.29 is 14.6 Å². The lowest BCUT2D eigenvalue weighted by molar-refractivity contribution is 0.102. The van der Waals surface area contributed by atoms with Gasteiger partial charge >= 0.3 is 0 Å². The SMILES string of the molecule is COCc1ccc(C(=O)Nc2cccc(CO)c2)cc1. The quantitative estimate of drug-likeness (QED) is 0.878. The van der Waals surface area contributed by atoms with Crippen molar-refractivity contribution in [2.45, 2.75) is 13.2 Å². The van der Waals surface area contributed by atoms with Crippen LogP contribution in [0.2, 0.25) is 0 Å². The number of aliphatic hydroxyl groups is 1. The van der Waals surface area contributed by atoms with Crippen LogP contribution in [-0.2, 0) is 18.0 Å². The van der Waals surface area contributed by atoms with Gasteiger partial charge in [-0.1, -0.05) is 24.3 Å². The molecule has 0 aromatic heterocycles. The second-order valence-electron chi connectivity index (χ2n) is 4.44. The maximum absolute atomic E-state index is 12.1. The third-order valence-corrected chi connectivity index (χ3v) is 2.89. The largest absolute Gasteiger partial charge is 0.392 e. The van der Waals surface area contributed by atoms with Crippen molar-refractivity contribution in [1.29, 1.82) is 0 Å². The number of carbonyl (C=O) groups is 1. The Hall–Kier alpha value is -2.17. The van der Waals surface area contributed by atoms with Crippen LogP contribution >= 0.6 is 0 Å². The van der Waals surface area contributed by atoms with Crippen molar-refractivity contribution in [3.05, 3.63) is 65.2 Å². The van der Waals surface area contributed by atoms with Crippen molar-refractivity contribution in [3.63, 3.8) is 0 Å². The zero-order valence-electron chi connectivity index (χ0n) is 11.3. The summed E-state index contributed by atoms with van der Waals surface area (Å²) in [7, 11) is 1.63. The third-order valence-electron chi connectivity index (χ3n) is 2.89. The fraction of sp³-hybridized carbons (Fsp3) is 0.188. The fourth-order valence-corrected chi connectivity index (χ4v) is 1.87. The maximum Gasteiger partial charge on any atom is 0.255 e. The van der Waals surface area contributed by atoms with Crippen LogP contribution in [0.5, 0.6) is 0 Å². The molecule has 0 spiro atoms. The van der Waals surface area contributed by atoms with Gasteiger partial charge in [-0.05, 0) is 35.4 Å². The van der Waals surface area contributed by atoms with Gasteiger partial charge in [0.05, 0.1) is 13.2 Å². The summed E-state index contributed by atoms with van der Waals surface area (Å²) in [6.45, 7) is 0.482. The van der Waals surface area contributed by atoms with E-state index in [0.717, 1.165) is 11.1 Å². The van der Waals surface area contributed by atoms with Crippen molar-refractivity contribution >= 4 is 11.6 Å². The molecule has 104 valence electrons. The Morgan fingerprint density at radius 2 is 1.90 bits per heavy atom. The summed E-state index contributed by atoms with van der Waals surface area (Å²) >= 11 is 0. The zero-order valence-corrected chi connectivity index (χ0v) is 11.3. The number of anilines is 1. The number of aliphatic hydroxyl groups excluding tert-OH is 1. The molecule has 0 aliphatic heterocycles. The van der Waals surface area contributed by atoms with E-state index < -0.39 is 0 Å². The van der Waals surface area contributed by atoms with E-state index in [1.807, 2.05) is 12.1 Å². The highest BCUT2D eigenvalue weighted by Crippen LogP contribution is 2.13. The Morgan fingerprint density at radius 3 is 2.55 bits per heavy atom. The summed E-state index contributed by atoms with van der Waals surface area (Å²) in [6.07, 6.45) is 0. The standard InChI is InChI=1S/C16H17NO3/c1-20-11-12-5-7-14(8-6-12)16(19)17-15-4-2-3-13(9-15)10-18/h2-9,18H,10-11H2,1H3,(H,17,19). The molecule has 0 heterocycles. The molecule has 20 heavy (non-hydrogen) atoms. The molecule has 0 unspecified atom stereocenters. The van der Waals surface area contributed by atoms with Gasteiger partial charge in [-0.25, -0.2) is 0 Å². The van der Waals surface area contributed by atoms with Crippen LogP contribution < -0.4 is 5.32 Å². The summed E-state index contributed by atoms with van der Waals surface area (Å²) in [5.41, 5.74) is 3.03. The molecule has 0 radical (unpaired) electrons.